The monoisotopic (exact) mass is 476 g/mol. The number of nitrogens with two attached hydrogens (primary N) is 4. The third kappa shape index (κ3) is 19.8. The van der Waals surface area contributed by atoms with Gasteiger partial charge in [-0.25, -0.2) is 0 Å². The molecule has 0 aromatic heterocycles. The minimum atomic E-state index is -0.522. The molecular weight excluding hydrogens is 432 g/mol. The second kappa shape index (κ2) is 20.7. The Morgan fingerprint density at radius 3 is 0.824 bits per heavy atom. The van der Waals surface area contributed by atoms with E-state index in [2.05, 4.69) is 0 Å². The molecule has 0 heterocycles. The molecular formula is C26H44N4O4. The van der Waals surface area contributed by atoms with Crippen LogP contribution in [0.5, 0.6) is 0 Å². The molecule has 0 aliphatic heterocycles. The first-order chi connectivity index (χ1) is 16.2. The van der Waals surface area contributed by atoms with Crippen LogP contribution >= 0.6 is 0 Å². The molecule has 4 amide bonds. The fourth-order valence-corrected chi connectivity index (χ4v) is 3.52. The lowest BCUT2D eigenvalue weighted by atomic mass is 10.0. The van der Waals surface area contributed by atoms with E-state index in [1.807, 2.05) is 0 Å². The lowest BCUT2D eigenvalue weighted by Crippen LogP contribution is -2.13. The van der Waals surface area contributed by atoms with Crippen LogP contribution in [0, 0.1) is 0 Å². The largest absolute Gasteiger partial charge is 0.370 e. The molecule has 3 rings (SSSR count). The van der Waals surface area contributed by atoms with Crippen LogP contribution in [0.1, 0.15) is 123 Å². The average Bonchev–Trinajstić information content (AvgIpc) is 2.85. The van der Waals surface area contributed by atoms with E-state index in [0.717, 1.165) is 0 Å². The number of amides is 4. The summed E-state index contributed by atoms with van der Waals surface area (Å²) in [7, 11) is 0. The van der Waals surface area contributed by atoms with Crippen LogP contribution in [0.4, 0.5) is 0 Å². The number of carbonyl (C=O) groups excluding carboxylic acids is 4. The van der Waals surface area contributed by atoms with Crippen LogP contribution in [-0.4, -0.2) is 23.6 Å². The number of unbranched alkanes of at least 4 members (excludes halogenated alkanes) is 1. The van der Waals surface area contributed by atoms with Crippen molar-refractivity contribution in [2.75, 3.05) is 0 Å². The maximum Gasteiger partial charge on any atom is 0.248 e. The Morgan fingerprint density at radius 1 is 0.471 bits per heavy atom. The lowest BCUT2D eigenvalue weighted by Gasteiger charge is -2.05. The molecule has 8 nitrogen and oxygen atoms in total. The molecule has 1 aromatic carbocycles. The molecule has 34 heavy (non-hydrogen) atoms. The zero-order valence-corrected chi connectivity index (χ0v) is 20.6. The van der Waals surface area contributed by atoms with Gasteiger partial charge in [0, 0.05) is 24.0 Å². The van der Waals surface area contributed by atoms with E-state index in [-0.39, 0.29) is 11.8 Å². The van der Waals surface area contributed by atoms with Crippen LogP contribution in [-0.2, 0) is 9.59 Å². The maximum absolute atomic E-state index is 10.6. The Morgan fingerprint density at radius 2 is 0.676 bits per heavy atom. The molecule has 0 spiro atoms. The molecule has 192 valence electrons. The molecule has 1 aromatic rings. The summed E-state index contributed by atoms with van der Waals surface area (Å²) in [5.41, 5.74) is 20.4. The number of carbonyl (C=O) groups is 4. The van der Waals surface area contributed by atoms with Crippen molar-refractivity contribution >= 4 is 23.6 Å². The first kappa shape index (κ1) is 31.1. The van der Waals surface area contributed by atoms with Gasteiger partial charge < -0.3 is 22.9 Å². The molecule has 2 fully saturated rings. The van der Waals surface area contributed by atoms with E-state index in [0.29, 0.717) is 36.8 Å². The van der Waals surface area contributed by atoms with Crippen LogP contribution in [0.2, 0.25) is 0 Å². The van der Waals surface area contributed by atoms with E-state index >= 15 is 0 Å². The summed E-state index contributed by atoms with van der Waals surface area (Å²) in [5, 5.41) is 0. The van der Waals surface area contributed by atoms with Gasteiger partial charge in [-0.3, -0.25) is 19.2 Å². The Bertz CT molecular complexity index is 628. The van der Waals surface area contributed by atoms with Gasteiger partial charge in [0.25, 0.3) is 0 Å². The molecule has 0 radical (unpaired) electrons. The van der Waals surface area contributed by atoms with Crippen molar-refractivity contribution in [2.24, 2.45) is 22.9 Å². The molecule has 0 unspecified atom stereocenters. The zero-order valence-electron chi connectivity index (χ0n) is 20.6. The fraction of sp³-hybridized carbons (Fsp3) is 0.615. The van der Waals surface area contributed by atoms with Gasteiger partial charge in [0.2, 0.25) is 23.6 Å². The highest BCUT2D eigenvalue weighted by Gasteiger charge is 2.02. The van der Waals surface area contributed by atoms with Gasteiger partial charge >= 0.3 is 0 Å². The Kier molecular flexibility index (Phi) is 18.9. The molecule has 8 N–H and O–H groups in total. The van der Waals surface area contributed by atoms with Gasteiger partial charge in [-0.2, -0.15) is 0 Å². The van der Waals surface area contributed by atoms with Crippen LogP contribution in [0.3, 0.4) is 0 Å². The third-order valence-electron chi connectivity index (χ3n) is 5.55. The Hall–Kier alpha value is -2.90. The highest BCUT2D eigenvalue weighted by Crippen LogP contribution is 2.15. The van der Waals surface area contributed by atoms with Crippen molar-refractivity contribution in [3.8, 4) is 0 Å². The number of hydrogen-bond donors (Lipinski definition) is 4. The molecule has 8 heteroatoms. The highest BCUT2D eigenvalue weighted by molar-refractivity contribution is 5.96. The third-order valence-corrected chi connectivity index (χ3v) is 5.55. The summed E-state index contributed by atoms with van der Waals surface area (Å²) >= 11 is 0. The Balaban J connectivity index is 0.000000445. The summed E-state index contributed by atoms with van der Waals surface area (Å²) in [5.74, 6) is -1.70. The molecule has 0 bridgehead atoms. The summed E-state index contributed by atoms with van der Waals surface area (Å²) in [6, 6.07) is 5.84. The van der Waals surface area contributed by atoms with E-state index in [1.54, 1.807) is 0 Å². The van der Waals surface area contributed by atoms with Crippen molar-refractivity contribution in [1.82, 2.24) is 0 Å². The number of rotatable bonds is 7. The van der Waals surface area contributed by atoms with E-state index in [4.69, 9.17) is 22.9 Å². The molecule has 0 saturated heterocycles. The molecule has 2 aliphatic rings. The second-order valence-corrected chi connectivity index (χ2v) is 8.69. The summed E-state index contributed by atoms with van der Waals surface area (Å²) in [4.78, 5) is 41.5. The molecule has 0 atom stereocenters. The number of benzene rings is 1. The predicted octanol–water partition coefficient (Wildman–Crippen LogP) is 4.08. The molecule has 2 aliphatic carbocycles. The topological polar surface area (TPSA) is 172 Å². The predicted molar refractivity (Wildman–Crippen MR) is 136 cm³/mol. The smallest absolute Gasteiger partial charge is 0.248 e. The SMILES string of the molecule is C1CCCCC1.C1CCCCC1.NC(=O)CCCCC(N)=O.NC(=O)c1ccc(C(N)=O)cc1. The van der Waals surface area contributed by atoms with Crippen LogP contribution in [0.15, 0.2) is 24.3 Å². The van der Waals surface area contributed by atoms with Gasteiger partial charge in [-0.15, -0.1) is 0 Å². The van der Waals surface area contributed by atoms with Gasteiger partial charge in [0.1, 0.15) is 0 Å². The van der Waals surface area contributed by atoms with Gasteiger partial charge in [0.05, 0.1) is 0 Å². The first-order valence-electron chi connectivity index (χ1n) is 12.5. The lowest BCUT2D eigenvalue weighted by molar-refractivity contribution is -0.119. The zero-order chi connectivity index (χ0) is 25.6. The van der Waals surface area contributed by atoms with Crippen LogP contribution in [0.25, 0.3) is 0 Å². The van der Waals surface area contributed by atoms with Gasteiger partial charge in [-0.1, -0.05) is 77.0 Å². The van der Waals surface area contributed by atoms with E-state index < -0.39 is 11.8 Å². The average molecular weight is 477 g/mol. The summed E-state index contributed by atoms with van der Waals surface area (Å²) in [6.45, 7) is 0. The van der Waals surface area contributed by atoms with Crippen LogP contribution < -0.4 is 22.9 Å². The Labute approximate surface area is 204 Å². The van der Waals surface area contributed by atoms with E-state index in [9.17, 15) is 19.2 Å². The standard InChI is InChI=1S/C8H8N2O2.C6H12N2O2.2C6H12/c9-7(11)5-1-2-6(4-3-5)8(10)12;7-5(9)3-1-2-4-6(8)10;2*1-2-4-6-5-3-1/h1-4H,(H2,9,11)(H2,10,12);1-4H2,(H2,7,9)(H2,8,10);2*1-6H2. The maximum atomic E-state index is 10.6. The minimum absolute atomic E-state index is 0.329. The van der Waals surface area contributed by atoms with Crippen molar-refractivity contribution < 1.29 is 19.2 Å². The quantitative estimate of drug-likeness (QED) is 0.434. The highest BCUT2D eigenvalue weighted by atomic mass is 16.2. The summed E-state index contributed by atoms with van der Waals surface area (Å²) in [6.07, 6.45) is 20.0. The van der Waals surface area contributed by atoms with Gasteiger partial charge in [0.15, 0.2) is 0 Å². The fourth-order valence-electron chi connectivity index (χ4n) is 3.52. The van der Waals surface area contributed by atoms with Crippen molar-refractivity contribution in [3.63, 3.8) is 0 Å². The van der Waals surface area contributed by atoms with Crippen molar-refractivity contribution in [2.45, 2.75) is 103 Å². The van der Waals surface area contributed by atoms with Crippen molar-refractivity contribution in [1.29, 1.82) is 0 Å². The van der Waals surface area contributed by atoms with Gasteiger partial charge in [-0.05, 0) is 37.1 Å². The summed E-state index contributed by atoms with van der Waals surface area (Å²) < 4.78 is 0. The number of hydrogen-bond acceptors (Lipinski definition) is 4. The van der Waals surface area contributed by atoms with E-state index in [1.165, 1.54) is 101 Å². The first-order valence-corrected chi connectivity index (χ1v) is 12.5. The number of primary amides is 4. The normalized spacial score (nSPS) is 14.5. The minimum Gasteiger partial charge on any atom is -0.370 e. The molecule has 2 saturated carbocycles. The second-order valence-electron chi connectivity index (χ2n) is 8.69. The van der Waals surface area contributed by atoms with Crippen molar-refractivity contribution in [3.05, 3.63) is 35.4 Å².